The van der Waals surface area contributed by atoms with Crippen molar-refractivity contribution in [3.63, 3.8) is 0 Å². The summed E-state index contributed by atoms with van der Waals surface area (Å²) in [5.41, 5.74) is 1.44. The molecule has 0 saturated heterocycles. The lowest BCUT2D eigenvalue weighted by Gasteiger charge is -2.09. The molecule has 1 atom stereocenters. The summed E-state index contributed by atoms with van der Waals surface area (Å²) in [4.78, 5) is 20.2. The van der Waals surface area contributed by atoms with E-state index in [0.717, 1.165) is 11.5 Å². The van der Waals surface area contributed by atoms with Crippen molar-refractivity contribution < 1.29 is 9.53 Å². The molecule has 21 heavy (non-hydrogen) atoms. The van der Waals surface area contributed by atoms with E-state index in [-0.39, 0.29) is 11.3 Å². The largest absolute Gasteiger partial charge is 0.466 e. The van der Waals surface area contributed by atoms with Crippen LogP contribution in [0.2, 0.25) is 5.02 Å². The van der Waals surface area contributed by atoms with E-state index in [0.29, 0.717) is 36.5 Å². The van der Waals surface area contributed by atoms with Gasteiger partial charge >= 0.3 is 5.97 Å². The van der Waals surface area contributed by atoms with Crippen LogP contribution in [-0.4, -0.2) is 27.1 Å². The smallest absolute Gasteiger partial charge is 0.305 e. The van der Waals surface area contributed by atoms with E-state index in [4.69, 9.17) is 27.9 Å². The van der Waals surface area contributed by atoms with E-state index < -0.39 is 0 Å². The number of alkyl halides is 1. The van der Waals surface area contributed by atoms with Gasteiger partial charge in [0.15, 0.2) is 5.65 Å². The van der Waals surface area contributed by atoms with Gasteiger partial charge in [-0.25, -0.2) is 9.97 Å². The summed E-state index contributed by atoms with van der Waals surface area (Å²) in [6.07, 6.45) is 2.58. The van der Waals surface area contributed by atoms with E-state index in [1.807, 2.05) is 11.5 Å². The monoisotopic (exact) mass is 329 g/mol. The van der Waals surface area contributed by atoms with Crippen molar-refractivity contribution in [1.29, 1.82) is 0 Å². The molecule has 7 heteroatoms. The molecule has 0 saturated carbocycles. The van der Waals surface area contributed by atoms with Crippen molar-refractivity contribution in [2.45, 2.75) is 38.6 Å². The number of fused-ring (bicyclic) bond motifs is 1. The fourth-order valence-corrected chi connectivity index (χ4v) is 2.46. The molecule has 0 aliphatic rings. The maximum atomic E-state index is 11.4. The van der Waals surface area contributed by atoms with E-state index >= 15 is 0 Å². The van der Waals surface area contributed by atoms with Gasteiger partial charge in [0.1, 0.15) is 11.3 Å². The van der Waals surface area contributed by atoms with Crippen molar-refractivity contribution in [2.24, 2.45) is 0 Å². The Morgan fingerprint density at radius 3 is 2.95 bits per heavy atom. The Bertz CT molecular complexity index is 640. The highest BCUT2D eigenvalue weighted by molar-refractivity contribution is 6.31. The highest BCUT2D eigenvalue weighted by Gasteiger charge is 2.16. The lowest BCUT2D eigenvalue weighted by molar-refractivity contribution is -0.143. The normalized spacial score (nSPS) is 12.6. The molecule has 0 amide bonds. The molecule has 0 spiro atoms. The van der Waals surface area contributed by atoms with Crippen molar-refractivity contribution in [2.75, 3.05) is 6.61 Å². The Hall–Kier alpha value is -1.33. The summed E-state index contributed by atoms with van der Waals surface area (Å²) in [6.45, 7) is 4.65. The van der Waals surface area contributed by atoms with Crippen LogP contribution in [0.15, 0.2) is 12.3 Å². The molecule has 0 aromatic carbocycles. The molecule has 2 rings (SSSR count). The summed E-state index contributed by atoms with van der Waals surface area (Å²) in [5, 5.41) is 0.285. The average molecular weight is 330 g/mol. The summed E-state index contributed by atoms with van der Waals surface area (Å²) in [6, 6.07) is 1.76. The van der Waals surface area contributed by atoms with Crippen LogP contribution in [0.1, 0.15) is 37.9 Å². The quantitative estimate of drug-likeness (QED) is 0.598. The van der Waals surface area contributed by atoms with Crippen LogP contribution in [0.25, 0.3) is 11.2 Å². The van der Waals surface area contributed by atoms with E-state index in [2.05, 4.69) is 9.97 Å². The van der Waals surface area contributed by atoms with Crippen LogP contribution in [0.5, 0.6) is 0 Å². The number of aromatic nitrogens is 3. The number of ether oxygens (including phenoxy) is 1. The maximum Gasteiger partial charge on any atom is 0.305 e. The van der Waals surface area contributed by atoms with Gasteiger partial charge < -0.3 is 9.30 Å². The topological polar surface area (TPSA) is 57.0 Å². The summed E-state index contributed by atoms with van der Waals surface area (Å²) in [5.74, 6) is 0.531. The van der Waals surface area contributed by atoms with Gasteiger partial charge in [0, 0.05) is 19.2 Å². The van der Waals surface area contributed by atoms with Gasteiger partial charge in [-0.2, -0.15) is 0 Å². The molecule has 0 radical (unpaired) electrons. The third-order valence-electron chi connectivity index (χ3n) is 3.00. The lowest BCUT2D eigenvalue weighted by atomic mass is 10.3. The second-order valence-corrected chi connectivity index (χ2v) is 5.73. The number of carbonyl (C=O) groups is 1. The Morgan fingerprint density at radius 1 is 1.52 bits per heavy atom. The minimum absolute atomic E-state index is 0.196. The molecule has 2 aromatic rings. The molecule has 5 nitrogen and oxygen atoms in total. The number of rotatable bonds is 6. The molecule has 0 aliphatic heterocycles. The zero-order chi connectivity index (χ0) is 15.4. The van der Waals surface area contributed by atoms with E-state index in [1.54, 1.807) is 19.2 Å². The summed E-state index contributed by atoms with van der Waals surface area (Å²) < 4.78 is 6.85. The predicted molar refractivity (Wildman–Crippen MR) is 82.7 cm³/mol. The van der Waals surface area contributed by atoms with Crippen LogP contribution in [-0.2, 0) is 16.1 Å². The zero-order valence-electron chi connectivity index (χ0n) is 12.0. The molecule has 1 unspecified atom stereocenters. The van der Waals surface area contributed by atoms with Gasteiger partial charge in [-0.05, 0) is 26.3 Å². The predicted octanol–water partition coefficient (Wildman–Crippen LogP) is 3.73. The van der Waals surface area contributed by atoms with Crippen LogP contribution in [0, 0.1) is 0 Å². The fourth-order valence-electron chi connectivity index (χ4n) is 2.14. The number of aryl methyl sites for hydroxylation is 1. The first-order valence-electron chi connectivity index (χ1n) is 6.84. The standard InChI is InChI=1S/C14H17Cl2N3O2/c1-3-21-12(20)5-4-6-19-13(9(2)15)18-11-7-10(16)8-17-14(11)19/h7-9H,3-6H2,1-2H3. The van der Waals surface area contributed by atoms with Crippen molar-refractivity contribution in [3.8, 4) is 0 Å². The number of hydrogen-bond acceptors (Lipinski definition) is 4. The molecule has 0 aliphatic carbocycles. The number of nitrogens with zero attached hydrogens (tertiary/aromatic N) is 3. The van der Waals surface area contributed by atoms with Gasteiger partial charge in [0.05, 0.1) is 17.0 Å². The van der Waals surface area contributed by atoms with Gasteiger partial charge in [0.25, 0.3) is 0 Å². The maximum absolute atomic E-state index is 11.4. The lowest BCUT2D eigenvalue weighted by Crippen LogP contribution is -2.09. The fraction of sp³-hybridized carbons (Fsp3) is 0.500. The summed E-state index contributed by atoms with van der Waals surface area (Å²) >= 11 is 12.1. The second-order valence-electron chi connectivity index (χ2n) is 4.64. The van der Waals surface area contributed by atoms with Crippen LogP contribution < -0.4 is 0 Å². The third-order valence-corrected chi connectivity index (χ3v) is 3.41. The number of carbonyl (C=O) groups excluding carboxylic acids is 1. The van der Waals surface area contributed by atoms with Gasteiger partial charge in [-0.15, -0.1) is 11.6 Å². The second kappa shape index (κ2) is 7.09. The van der Waals surface area contributed by atoms with E-state index in [9.17, 15) is 4.79 Å². The number of hydrogen-bond donors (Lipinski definition) is 0. The molecule has 2 aromatic heterocycles. The highest BCUT2D eigenvalue weighted by Crippen LogP contribution is 2.25. The molecule has 0 fully saturated rings. The van der Waals surface area contributed by atoms with Gasteiger partial charge in [-0.3, -0.25) is 4.79 Å². The third kappa shape index (κ3) is 3.86. The Balaban J connectivity index is 2.20. The first-order valence-corrected chi connectivity index (χ1v) is 7.65. The Morgan fingerprint density at radius 2 is 2.29 bits per heavy atom. The van der Waals surface area contributed by atoms with Crippen molar-refractivity contribution in [3.05, 3.63) is 23.1 Å². The summed E-state index contributed by atoms with van der Waals surface area (Å²) in [7, 11) is 0. The molecule has 0 bridgehead atoms. The van der Waals surface area contributed by atoms with E-state index in [1.165, 1.54) is 0 Å². The first-order chi connectivity index (χ1) is 10.0. The first kappa shape index (κ1) is 16.0. The zero-order valence-corrected chi connectivity index (χ0v) is 13.5. The van der Waals surface area contributed by atoms with Crippen LogP contribution in [0.3, 0.4) is 0 Å². The Labute approximate surface area is 133 Å². The van der Waals surface area contributed by atoms with Crippen molar-refractivity contribution >= 4 is 40.3 Å². The Kier molecular flexibility index (Phi) is 5.42. The molecular weight excluding hydrogens is 313 g/mol. The van der Waals surface area contributed by atoms with Gasteiger partial charge in [-0.1, -0.05) is 11.6 Å². The minimum Gasteiger partial charge on any atom is -0.466 e. The van der Waals surface area contributed by atoms with Crippen LogP contribution in [0.4, 0.5) is 0 Å². The number of pyridine rings is 1. The molecular formula is C14H17Cl2N3O2. The number of esters is 1. The van der Waals surface area contributed by atoms with Crippen LogP contribution >= 0.6 is 23.2 Å². The minimum atomic E-state index is -0.249. The number of halogens is 2. The number of imidazole rings is 1. The SMILES string of the molecule is CCOC(=O)CCCn1c(C(C)Cl)nc2cc(Cl)cnc21. The molecule has 2 heterocycles. The van der Waals surface area contributed by atoms with Crippen molar-refractivity contribution in [1.82, 2.24) is 14.5 Å². The average Bonchev–Trinajstić information content (AvgIpc) is 2.77. The molecule has 114 valence electrons. The molecule has 0 N–H and O–H groups in total. The highest BCUT2D eigenvalue weighted by atomic mass is 35.5. The van der Waals surface area contributed by atoms with Gasteiger partial charge in [0.2, 0.25) is 0 Å².